The second kappa shape index (κ2) is 24.4. The number of hydrogen-bond donors (Lipinski definition) is 12. The van der Waals surface area contributed by atoms with E-state index in [9.17, 15) is 58.2 Å². The van der Waals surface area contributed by atoms with Gasteiger partial charge in [-0.15, -0.1) is 0 Å². The van der Waals surface area contributed by atoms with Gasteiger partial charge in [0.15, 0.2) is 0 Å². The molecular weight excluding hydrogens is 741 g/mol. The van der Waals surface area contributed by atoms with Crippen LogP contribution in [0.3, 0.4) is 0 Å². The third kappa shape index (κ3) is 18.8. The summed E-state index contributed by atoms with van der Waals surface area (Å²) in [5, 5.41) is 51.3. The Morgan fingerprint density at radius 1 is 0.630 bits per heavy atom. The molecule has 0 aromatic heterocycles. The summed E-state index contributed by atoms with van der Waals surface area (Å²) in [4.78, 5) is 124. The van der Waals surface area contributed by atoms with Crippen molar-refractivity contribution in [2.24, 2.45) is 17.4 Å². The van der Waals surface area contributed by atoms with Crippen LogP contribution >= 0.6 is 11.8 Å². The molecule has 0 spiro atoms. The molecule has 14 N–H and O–H groups in total. The molecule has 0 fully saturated rings. The Bertz CT molecular complexity index is 1380. The fourth-order valence-corrected chi connectivity index (χ4v) is 5.03. The summed E-state index contributed by atoms with van der Waals surface area (Å²) < 4.78 is 0. The van der Waals surface area contributed by atoms with Crippen LogP contribution < -0.4 is 43.4 Å². The van der Waals surface area contributed by atoms with E-state index in [0.29, 0.717) is 11.8 Å². The van der Waals surface area contributed by atoms with Crippen molar-refractivity contribution in [3.63, 3.8) is 0 Å². The Kier molecular flexibility index (Phi) is 22.2. The maximum absolute atomic E-state index is 13.6. The van der Waals surface area contributed by atoms with Crippen molar-refractivity contribution in [3.05, 3.63) is 0 Å². The minimum absolute atomic E-state index is 0.0573. The largest absolute Gasteiger partial charge is 0.481 e. The number of carboxylic acid groups (broad SMARTS) is 2. The number of hydrogen-bond acceptors (Lipinski definition) is 14. The van der Waals surface area contributed by atoms with Crippen molar-refractivity contribution in [3.8, 4) is 0 Å². The fraction of sp³-hybridized carbons (Fsp3) is 0.677. The van der Waals surface area contributed by atoms with Crippen LogP contribution in [0.25, 0.3) is 0 Å². The summed E-state index contributed by atoms with van der Waals surface area (Å²) in [6, 6.07) is -9.29. The zero-order chi connectivity index (χ0) is 41.9. The predicted molar refractivity (Wildman–Crippen MR) is 190 cm³/mol. The smallest absolute Gasteiger partial charge is 0.304 e. The first-order valence-corrected chi connectivity index (χ1v) is 17.8. The second-order valence-corrected chi connectivity index (χ2v) is 13.6. The lowest BCUT2D eigenvalue weighted by Crippen LogP contribution is -2.63. The van der Waals surface area contributed by atoms with Crippen molar-refractivity contribution >= 4 is 70.2 Å². The molecule has 0 aliphatic heterocycles. The molecule has 0 aromatic carbocycles. The van der Waals surface area contributed by atoms with Gasteiger partial charge < -0.3 is 63.8 Å². The van der Waals surface area contributed by atoms with Crippen molar-refractivity contribution in [1.82, 2.24) is 31.9 Å². The normalized spacial score (nSPS) is 15.9. The Balaban J connectivity index is 6.05. The van der Waals surface area contributed by atoms with Gasteiger partial charge in [0.1, 0.15) is 30.2 Å². The van der Waals surface area contributed by atoms with E-state index < -0.39 is 139 Å². The van der Waals surface area contributed by atoms with Crippen LogP contribution in [0.15, 0.2) is 0 Å². The van der Waals surface area contributed by atoms with Crippen LogP contribution in [0.5, 0.6) is 0 Å². The monoisotopic (exact) mass is 793 g/mol. The van der Waals surface area contributed by atoms with E-state index in [-0.39, 0.29) is 18.6 Å². The molecule has 0 bridgehead atoms. The zero-order valence-corrected chi connectivity index (χ0v) is 31.4. The van der Waals surface area contributed by atoms with E-state index in [1.807, 2.05) is 0 Å². The Morgan fingerprint density at radius 3 is 1.56 bits per heavy atom. The topological polar surface area (TPSA) is 376 Å². The molecule has 0 saturated carbocycles. The number of rotatable bonds is 25. The van der Waals surface area contributed by atoms with Crippen LogP contribution in [-0.2, 0) is 47.9 Å². The maximum atomic E-state index is 13.6. The summed E-state index contributed by atoms with van der Waals surface area (Å²) in [5.41, 5.74) is 10.8. The molecule has 0 rings (SSSR count). The molecule has 0 aliphatic carbocycles. The molecule has 0 saturated heterocycles. The van der Waals surface area contributed by atoms with Crippen LogP contribution in [0.2, 0.25) is 0 Å². The highest BCUT2D eigenvalue weighted by molar-refractivity contribution is 8.13. The number of carbonyl (C=O) groups excluding carboxylic acids is 8. The summed E-state index contributed by atoms with van der Waals surface area (Å²) in [7, 11) is 0. The standard InChI is InChI=1S/C31H52N8O14S/c1-6-13(2)23(37-28(50)18(11-19(33)42)36-27(49)17(7-8-20(43)44)35-26(48)14(3)32)30(52)39-25(16(5)41)31(53)38-24(15(4)40)29(51)34-12-22(47)54-10-9-21(45)46/h13-18,23-25,40-41H,6-12,32H2,1-5H3,(H2,33,42)(H,34,51)(H,35,48)(H,36,49)(H,37,50)(H,38,53)(H,39,52)(H,43,44)(H,45,46)/t13-,14-,15+,16+,17-,18-,23-,24-,25-/m0/s1/i22+1. The maximum Gasteiger partial charge on any atom is 0.304 e. The van der Waals surface area contributed by atoms with Gasteiger partial charge in [-0.1, -0.05) is 32.0 Å². The first-order valence-electron chi connectivity index (χ1n) is 16.8. The number of amides is 7. The number of nitrogens with one attached hydrogen (secondary N) is 6. The van der Waals surface area contributed by atoms with Gasteiger partial charge in [0, 0.05) is 12.2 Å². The molecule has 7 amide bonds. The lowest BCUT2D eigenvalue weighted by atomic mass is 9.96. The van der Waals surface area contributed by atoms with E-state index in [2.05, 4.69) is 31.9 Å². The van der Waals surface area contributed by atoms with Gasteiger partial charge >= 0.3 is 11.9 Å². The van der Waals surface area contributed by atoms with Gasteiger partial charge in [0.2, 0.25) is 46.5 Å². The van der Waals surface area contributed by atoms with E-state index in [4.69, 9.17) is 21.7 Å². The minimum Gasteiger partial charge on any atom is -0.481 e. The quantitative estimate of drug-likeness (QED) is 0.0386. The number of nitrogens with two attached hydrogens (primary N) is 2. The van der Waals surface area contributed by atoms with Gasteiger partial charge in [-0.2, -0.15) is 0 Å². The molecule has 0 unspecified atom stereocenters. The van der Waals surface area contributed by atoms with Crippen LogP contribution in [-0.4, -0.2) is 140 Å². The van der Waals surface area contributed by atoms with Crippen LogP contribution in [0.4, 0.5) is 0 Å². The number of primary amides is 1. The number of aliphatic carboxylic acids is 2. The lowest BCUT2D eigenvalue weighted by molar-refractivity contribution is -0.139. The van der Waals surface area contributed by atoms with Gasteiger partial charge in [-0.05, 0) is 33.1 Å². The third-order valence-corrected chi connectivity index (χ3v) is 8.51. The Labute approximate surface area is 315 Å². The molecule has 0 aromatic rings. The molecule has 22 nitrogen and oxygen atoms in total. The number of aliphatic hydroxyl groups excluding tert-OH is 2. The average Bonchev–Trinajstić information content (AvgIpc) is 3.07. The molecule has 0 heterocycles. The highest BCUT2D eigenvalue weighted by atomic mass is 32.2. The Hall–Kier alpha value is -4.87. The van der Waals surface area contributed by atoms with Crippen LogP contribution in [0, 0.1) is 5.92 Å². The van der Waals surface area contributed by atoms with Gasteiger partial charge in [-0.3, -0.25) is 47.9 Å². The van der Waals surface area contributed by atoms with Crippen molar-refractivity contribution in [2.75, 3.05) is 12.3 Å². The number of thioether (sulfide) groups is 1. The summed E-state index contributed by atoms with van der Waals surface area (Å²) in [5.74, 6) is -10.5. The number of carbonyl (C=O) groups is 10. The molecule has 9 atom stereocenters. The third-order valence-electron chi connectivity index (χ3n) is 7.64. The second-order valence-electron chi connectivity index (χ2n) is 12.4. The lowest BCUT2D eigenvalue weighted by Gasteiger charge is -2.30. The van der Waals surface area contributed by atoms with Gasteiger partial charge in [-0.25, -0.2) is 0 Å². The summed E-state index contributed by atoms with van der Waals surface area (Å²) in [6.45, 7) is 6.17. The number of carboxylic acids is 2. The first-order chi connectivity index (χ1) is 25.0. The highest BCUT2D eigenvalue weighted by Crippen LogP contribution is 2.11. The van der Waals surface area contributed by atoms with Gasteiger partial charge in [0.05, 0.1) is 37.6 Å². The van der Waals surface area contributed by atoms with Crippen molar-refractivity contribution < 1.29 is 68.4 Å². The van der Waals surface area contributed by atoms with E-state index in [1.165, 1.54) is 13.8 Å². The molecule has 23 heteroatoms. The number of aliphatic hydroxyl groups is 2. The van der Waals surface area contributed by atoms with Crippen molar-refractivity contribution in [2.45, 2.75) is 115 Å². The van der Waals surface area contributed by atoms with E-state index in [1.54, 1.807) is 6.92 Å². The van der Waals surface area contributed by atoms with Crippen molar-refractivity contribution in [1.29, 1.82) is 0 Å². The molecule has 0 aliphatic rings. The zero-order valence-electron chi connectivity index (χ0n) is 30.6. The molecule has 0 radical (unpaired) electrons. The SMILES string of the molecule is CC[C@H](C)[C@H](NC(=O)[C@H](CC(N)=O)NC(=O)[C@H](CCC(=O)O)NC(=O)[C@H](C)N)C(=O)N[C@H](C(=O)N[C@H](C(=O)NC[13C](=O)SCCC(=O)O)[C@@H](C)O)[C@@H](C)O. The first kappa shape index (κ1) is 49.1. The predicted octanol–water partition coefficient (Wildman–Crippen LogP) is -4.84. The fourth-order valence-electron chi connectivity index (χ4n) is 4.35. The molecule has 306 valence electrons. The minimum atomic E-state index is -1.78. The van der Waals surface area contributed by atoms with E-state index in [0.717, 1.165) is 13.8 Å². The molecular formula is C31H52N8O14S. The molecule has 54 heavy (non-hydrogen) atoms. The van der Waals surface area contributed by atoms with Crippen LogP contribution in [0.1, 0.15) is 66.7 Å². The summed E-state index contributed by atoms with van der Waals surface area (Å²) in [6.07, 6.45) is -5.02. The van der Waals surface area contributed by atoms with E-state index >= 15 is 0 Å². The van der Waals surface area contributed by atoms with Gasteiger partial charge in [0.25, 0.3) is 0 Å². The highest BCUT2D eigenvalue weighted by Gasteiger charge is 2.37. The Morgan fingerprint density at radius 2 is 1.09 bits per heavy atom. The average molecular weight is 794 g/mol. The summed E-state index contributed by atoms with van der Waals surface area (Å²) >= 11 is 0.644.